The van der Waals surface area contributed by atoms with Gasteiger partial charge in [0.15, 0.2) is 0 Å². The molecular formula is C12H9BrCl2N2O2S. The third-order valence-electron chi connectivity index (χ3n) is 2.44. The van der Waals surface area contributed by atoms with E-state index in [1.807, 2.05) is 0 Å². The maximum atomic E-state index is 12.3. The molecule has 4 nitrogen and oxygen atoms in total. The fraction of sp³-hybridized carbons (Fsp3) is 0. The van der Waals surface area contributed by atoms with Gasteiger partial charge < -0.3 is 5.73 Å². The van der Waals surface area contributed by atoms with Crippen LogP contribution in [0.2, 0.25) is 10.0 Å². The summed E-state index contributed by atoms with van der Waals surface area (Å²) in [7, 11) is -3.77. The van der Waals surface area contributed by atoms with Gasteiger partial charge in [0.2, 0.25) is 0 Å². The number of nitrogens with two attached hydrogens (primary N) is 1. The minimum absolute atomic E-state index is 0.0623. The van der Waals surface area contributed by atoms with Gasteiger partial charge in [-0.1, -0.05) is 23.2 Å². The Hall–Kier alpha value is -0.950. The first-order chi connectivity index (χ1) is 9.29. The smallest absolute Gasteiger partial charge is 0.261 e. The number of nitrogen functional groups attached to an aromatic ring is 1. The second-order valence-corrected chi connectivity index (χ2v) is 7.27. The fourth-order valence-electron chi connectivity index (χ4n) is 1.47. The molecule has 0 saturated heterocycles. The van der Waals surface area contributed by atoms with Crippen molar-refractivity contribution in [1.82, 2.24) is 0 Å². The van der Waals surface area contributed by atoms with Gasteiger partial charge in [-0.05, 0) is 52.3 Å². The Balaban J connectivity index is 2.40. The van der Waals surface area contributed by atoms with Crippen molar-refractivity contribution in [2.75, 3.05) is 10.5 Å². The van der Waals surface area contributed by atoms with Gasteiger partial charge in [-0.3, -0.25) is 4.72 Å². The summed E-state index contributed by atoms with van der Waals surface area (Å²) in [6, 6.07) is 8.85. The van der Waals surface area contributed by atoms with E-state index in [0.29, 0.717) is 15.2 Å². The highest BCUT2D eigenvalue weighted by atomic mass is 79.9. The van der Waals surface area contributed by atoms with Crippen molar-refractivity contribution in [3.05, 3.63) is 50.9 Å². The third-order valence-corrected chi connectivity index (χ3v) is 5.34. The van der Waals surface area contributed by atoms with Crippen LogP contribution < -0.4 is 10.5 Å². The first-order valence-corrected chi connectivity index (χ1v) is 8.36. The molecule has 0 heterocycles. The number of rotatable bonds is 3. The largest absolute Gasteiger partial charge is 0.399 e. The SMILES string of the molecule is Nc1ccc(Cl)c(NS(=O)(=O)c2ccc(Cl)c(Br)c2)c1. The number of benzene rings is 2. The Kier molecular flexibility index (Phi) is 4.49. The van der Waals surface area contributed by atoms with E-state index in [0.717, 1.165) is 0 Å². The van der Waals surface area contributed by atoms with Crippen molar-refractivity contribution >= 4 is 60.5 Å². The molecule has 0 atom stereocenters. The van der Waals surface area contributed by atoms with Gasteiger partial charge in [0.05, 0.1) is 20.6 Å². The zero-order chi connectivity index (χ0) is 14.9. The predicted molar refractivity (Wildman–Crippen MR) is 85.8 cm³/mol. The van der Waals surface area contributed by atoms with Gasteiger partial charge in [0.1, 0.15) is 0 Å². The Morgan fingerprint density at radius 3 is 2.35 bits per heavy atom. The number of sulfonamides is 1. The maximum absolute atomic E-state index is 12.3. The topological polar surface area (TPSA) is 72.2 Å². The monoisotopic (exact) mass is 394 g/mol. The second-order valence-electron chi connectivity index (χ2n) is 3.92. The number of halogens is 3. The average Bonchev–Trinajstić information content (AvgIpc) is 2.36. The van der Waals surface area contributed by atoms with E-state index in [1.54, 1.807) is 6.07 Å². The molecule has 0 aliphatic carbocycles. The Morgan fingerprint density at radius 2 is 1.70 bits per heavy atom. The summed E-state index contributed by atoms with van der Waals surface area (Å²) in [5, 5.41) is 0.682. The molecule has 0 amide bonds. The molecule has 0 saturated carbocycles. The molecule has 0 radical (unpaired) electrons. The van der Waals surface area contributed by atoms with Crippen LogP contribution in [0, 0.1) is 0 Å². The van der Waals surface area contributed by atoms with Crippen LogP contribution in [-0.4, -0.2) is 8.42 Å². The molecule has 0 unspecified atom stereocenters. The molecule has 20 heavy (non-hydrogen) atoms. The summed E-state index contributed by atoms with van der Waals surface area (Å²) in [5.74, 6) is 0. The number of anilines is 2. The highest BCUT2D eigenvalue weighted by Gasteiger charge is 2.17. The van der Waals surface area contributed by atoms with E-state index in [9.17, 15) is 8.42 Å². The molecule has 0 aromatic heterocycles. The van der Waals surface area contributed by atoms with Crippen LogP contribution in [0.15, 0.2) is 45.8 Å². The molecule has 0 fully saturated rings. The van der Waals surface area contributed by atoms with E-state index >= 15 is 0 Å². The molecule has 2 aromatic carbocycles. The summed E-state index contributed by atoms with van der Waals surface area (Å²) in [6.45, 7) is 0. The zero-order valence-corrected chi connectivity index (χ0v) is 13.8. The van der Waals surface area contributed by atoms with E-state index in [1.165, 1.54) is 30.3 Å². The van der Waals surface area contributed by atoms with E-state index < -0.39 is 10.0 Å². The Labute approximate surface area is 135 Å². The quantitative estimate of drug-likeness (QED) is 0.767. The number of nitrogens with one attached hydrogen (secondary N) is 1. The van der Waals surface area contributed by atoms with Crippen LogP contribution >= 0.6 is 39.1 Å². The summed E-state index contributed by atoms with van der Waals surface area (Å²) < 4.78 is 27.4. The summed E-state index contributed by atoms with van der Waals surface area (Å²) in [6.07, 6.45) is 0. The number of hydrogen-bond donors (Lipinski definition) is 2. The van der Waals surface area contributed by atoms with E-state index in [2.05, 4.69) is 20.7 Å². The molecule has 2 aromatic rings. The van der Waals surface area contributed by atoms with Gasteiger partial charge in [0.25, 0.3) is 10.0 Å². The maximum Gasteiger partial charge on any atom is 0.261 e. The van der Waals surface area contributed by atoms with Crippen LogP contribution in [0.1, 0.15) is 0 Å². The highest BCUT2D eigenvalue weighted by molar-refractivity contribution is 9.10. The van der Waals surface area contributed by atoms with Crippen molar-refractivity contribution in [2.45, 2.75) is 4.90 Å². The molecule has 0 aliphatic rings. The summed E-state index contributed by atoms with van der Waals surface area (Å²) >= 11 is 15.0. The standard InChI is InChI=1S/C12H9BrCl2N2O2S/c13-9-6-8(2-4-10(9)14)20(18,19)17-12-5-7(16)1-3-11(12)15/h1-6,17H,16H2. The molecular weight excluding hydrogens is 387 g/mol. The van der Waals surface area contributed by atoms with Crippen molar-refractivity contribution in [1.29, 1.82) is 0 Å². The van der Waals surface area contributed by atoms with Crippen molar-refractivity contribution < 1.29 is 8.42 Å². The third kappa shape index (κ3) is 3.38. The van der Waals surface area contributed by atoms with E-state index in [4.69, 9.17) is 28.9 Å². The van der Waals surface area contributed by atoms with Crippen LogP contribution in [0.5, 0.6) is 0 Å². The van der Waals surface area contributed by atoms with Crippen LogP contribution in [0.3, 0.4) is 0 Å². The fourth-order valence-corrected chi connectivity index (χ4v) is 3.43. The van der Waals surface area contributed by atoms with E-state index in [-0.39, 0.29) is 15.6 Å². The highest BCUT2D eigenvalue weighted by Crippen LogP contribution is 2.29. The van der Waals surface area contributed by atoms with Crippen LogP contribution in [0.4, 0.5) is 11.4 Å². The van der Waals surface area contributed by atoms with Gasteiger partial charge in [-0.2, -0.15) is 0 Å². The van der Waals surface area contributed by atoms with Crippen molar-refractivity contribution in [2.24, 2.45) is 0 Å². The second kappa shape index (κ2) is 5.81. The van der Waals surface area contributed by atoms with Gasteiger partial charge in [-0.25, -0.2) is 8.42 Å². The Bertz CT molecular complexity index is 766. The van der Waals surface area contributed by atoms with Gasteiger partial charge >= 0.3 is 0 Å². The van der Waals surface area contributed by atoms with Crippen LogP contribution in [-0.2, 0) is 10.0 Å². The van der Waals surface area contributed by atoms with Gasteiger partial charge in [-0.15, -0.1) is 0 Å². The average molecular weight is 396 g/mol. The normalized spacial score (nSPS) is 11.3. The molecule has 106 valence electrons. The minimum Gasteiger partial charge on any atom is -0.399 e. The van der Waals surface area contributed by atoms with Crippen LogP contribution in [0.25, 0.3) is 0 Å². The molecule has 8 heteroatoms. The molecule has 0 spiro atoms. The van der Waals surface area contributed by atoms with Crippen molar-refractivity contribution in [3.8, 4) is 0 Å². The first-order valence-electron chi connectivity index (χ1n) is 5.32. The zero-order valence-electron chi connectivity index (χ0n) is 9.90. The predicted octanol–water partition coefficient (Wildman–Crippen LogP) is 4.14. The lowest BCUT2D eigenvalue weighted by molar-refractivity contribution is 0.601. The Morgan fingerprint density at radius 1 is 1.05 bits per heavy atom. The molecule has 3 N–H and O–H groups in total. The minimum atomic E-state index is -3.77. The number of hydrogen-bond acceptors (Lipinski definition) is 3. The molecule has 0 bridgehead atoms. The lowest BCUT2D eigenvalue weighted by atomic mass is 10.3. The summed E-state index contributed by atoms with van der Waals surface area (Å²) in [4.78, 5) is 0.0623. The first kappa shape index (κ1) is 15.4. The summed E-state index contributed by atoms with van der Waals surface area (Å²) in [5.41, 5.74) is 6.24. The molecule has 0 aliphatic heterocycles. The van der Waals surface area contributed by atoms with Gasteiger partial charge in [0, 0.05) is 10.2 Å². The van der Waals surface area contributed by atoms with Crippen molar-refractivity contribution in [3.63, 3.8) is 0 Å². The molecule has 2 rings (SSSR count). The lowest BCUT2D eigenvalue weighted by Gasteiger charge is -2.11. The lowest BCUT2D eigenvalue weighted by Crippen LogP contribution is -2.13.